The third-order valence-electron chi connectivity index (χ3n) is 3.38. The number of halogens is 2. The maximum Gasteiger partial charge on any atom is 0.266 e. The number of anilines is 1. The van der Waals surface area contributed by atoms with Crippen molar-refractivity contribution in [1.29, 1.82) is 0 Å². The highest BCUT2D eigenvalue weighted by Gasteiger charge is 2.29. The molecule has 24 heavy (non-hydrogen) atoms. The lowest BCUT2D eigenvalue weighted by atomic mass is 10.1. The van der Waals surface area contributed by atoms with Gasteiger partial charge in [-0.1, -0.05) is 40.9 Å². The summed E-state index contributed by atoms with van der Waals surface area (Å²) in [5, 5.41) is 0.233. The second kappa shape index (κ2) is 7.01. The number of aryl methyl sites for hydroxylation is 2. The average molecular weight is 387 g/mol. The lowest BCUT2D eigenvalue weighted by Gasteiger charge is -2.25. The molecule has 0 saturated heterocycles. The molecule has 0 bridgehead atoms. The summed E-state index contributed by atoms with van der Waals surface area (Å²) in [5.74, 6) is -0.781. The maximum absolute atomic E-state index is 13.1. The van der Waals surface area contributed by atoms with Crippen LogP contribution in [0, 0.1) is 13.8 Å². The first-order chi connectivity index (χ1) is 11.1. The van der Waals surface area contributed by atoms with Gasteiger partial charge in [-0.2, -0.15) is 0 Å². The monoisotopic (exact) mass is 386 g/mol. The molecule has 0 spiro atoms. The Labute approximate surface area is 151 Å². The molecular formula is C16H16Cl2N2O3S. The number of sulfonamides is 1. The van der Waals surface area contributed by atoms with Gasteiger partial charge in [0.1, 0.15) is 11.4 Å². The Bertz CT molecular complexity index is 898. The summed E-state index contributed by atoms with van der Waals surface area (Å²) in [6, 6.07) is 9.32. The summed E-state index contributed by atoms with van der Waals surface area (Å²) < 4.78 is 27.1. The third-order valence-corrected chi connectivity index (χ3v) is 5.86. The number of carbonyl (C=O) groups is 1. The van der Waals surface area contributed by atoms with Gasteiger partial charge in [0.2, 0.25) is 5.91 Å². The van der Waals surface area contributed by atoms with Crippen molar-refractivity contribution in [2.45, 2.75) is 18.7 Å². The van der Waals surface area contributed by atoms with Crippen molar-refractivity contribution in [2.75, 3.05) is 10.8 Å². The molecule has 0 aliphatic carbocycles. The number of primary amides is 1. The SMILES string of the molecule is Cc1ccc(N(CC(N)=O)S(=O)(=O)c2cc(Cl)ccc2Cl)c(C)c1. The van der Waals surface area contributed by atoms with Crippen LogP contribution in [0.15, 0.2) is 41.3 Å². The molecule has 5 nitrogen and oxygen atoms in total. The number of carbonyl (C=O) groups excluding carboxylic acids is 1. The third kappa shape index (κ3) is 3.83. The first kappa shape index (κ1) is 18.6. The van der Waals surface area contributed by atoms with Crippen LogP contribution in [-0.2, 0) is 14.8 Å². The Hall–Kier alpha value is -1.76. The Morgan fingerprint density at radius 1 is 1.12 bits per heavy atom. The molecule has 0 aromatic heterocycles. The van der Waals surface area contributed by atoms with E-state index in [-0.39, 0.29) is 14.9 Å². The first-order valence-corrected chi connectivity index (χ1v) is 9.16. The first-order valence-electron chi connectivity index (χ1n) is 6.96. The Balaban J connectivity index is 2.66. The van der Waals surface area contributed by atoms with E-state index >= 15 is 0 Å². The van der Waals surface area contributed by atoms with E-state index < -0.39 is 22.5 Å². The minimum absolute atomic E-state index is 0.0126. The van der Waals surface area contributed by atoms with E-state index in [0.717, 1.165) is 9.87 Å². The molecule has 0 aliphatic heterocycles. The number of rotatable bonds is 5. The predicted octanol–water partition coefficient (Wildman–Crippen LogP) is 3.29. The number of hydrogen-bond acceptors (Lipinski definition) is 3. The Kier molecular flexibility index (Phi) is 5.42. The van der Waals surface area contributed by atoms with Crippen LogP contribution in [0.3, 0.4) is 0 Å². The van der Waals surface area contributed by atoms with Gasteiger partial charge in [0, 0.05) is 5.02 Å². The van der Waals surface area contributed by atoms with E-state index in [4.69, 9.17) is 28.9 Å². The molecule has 0 unspecified atom stereocenters. The summed E-state index contributed by atoms with van der Waals surface area (Å²) in [4.78, 5) is 11.3. The fraction of sp³-hybridized carbons (Fsp3) is 0.188. The molecule has 1 amide bonds. The summed E-state index contributed by atoms with van der Waals surface area (Å²) in [6.45, 7) is 3.14. The van der Waals surface area contributed by atoms with Crippen LogP contribution in [0.2, 0.25) is 10.0 Å². The molecule has 0 aliphatic rings. The molecule has 2 aromatic rings. The van der Waals surface area contributed by atoms with Crippen LogP contribution < -0.4 is 10.0 Å². The second-order valence-corrected chi connectivity index (χ2v) is 8.02. The minimum Gasteiger partial charge on any atom is -0.368 e. The van der Waals surface area contributed by atoms with Gasteiger partial charge >= 0.3 is 0 Å². The fourth-order valence-corrected chi connectivity index (χ4v) is 4.56. The number of amides is 1. The molecule has 2 aromatic carbocycles. The number of nitrogens with zero attached hydrogens (tertiary/aromatic N) is 1. The maximum atomic E-state index is 13.1. The van der Waals surface area contributed by atoms with Crippen molar-refractivity contribution >= 4 is 44.8 Å². The van der Waals surface area contributed by atoms with Crippen LogP contribution in [0.5, 0.6) is 0 Å². The lowest BCUT2D eigenvalue weighted by molar-refractivity contribution is -0.116. The van der Waals surface area contributed by atoms with Crippen LogP contribution in [0.1, 0.15) is 11.1 Å². The second-order valence-electron chi connectivity index (χ2n) is 5.34. The summed E-state index contributed by atoms with van der Waals surface area (Å²) in [7, 11) is -4.12. The summed E-state index contributed by atoms with van der Waals surface area (Å²) in [5.41, 5.74) is 7.26. The minimum atomic E-state index is -4.12. The van der Waals surface area contributed by atoms with E-state index in [0.29, 0.717) is 11.3 Å². The van der Waals surface area contributed by atoms with Gasteiger partial charge in [0.15, 0.2) is 0 Å². The highest BCUT2D eigenvalue weighted by Crippen LogP contribution is 2.32. The molecule has 0 radical (unpaired) electrons. The number of hydrogen-bond donors (Lipinski definition) is 1. The molecule has 0 atom stereocenters. The summed E-state index contributed by atoms with van der Waals surface area (Å²) >= 11 is 11.9. The molecule has 8 heteroatoms. The van der Waals surface area contributed by atoms with Gasteiger partial charge in [0.05, 0.1) is 10.7 Å². The molecule has 0 fully saturated rings. The highest BCUT2D eigenvalue weighted by molar-refractivity contribution is 7.93. The van der Waals surface area contributed by atoms with Crippen molar-refractivity contribution in [3.63, 3.8) is 0 Å². The largest absolute Gasteiger partial charge is 0.368 e. The van der Waals surface area contributed by atoms with Gasteiger partial charge in [0.25, 0.3) is 10.0 Å². The van der Waals surface area contributed by atoms with Crippen molar-refractivity contribution < 1.29 is 13.2 Å². The highest BCUT2D eigenvalue weighted by atomic mass is 35.5. The van der Waals surface area contributed by atoms with Crippen molar-refractivity contribution in [3.8, 4) is 0 Å². The van der Waals surface area contributed by atoms with Crippen LogP contribution in [0.4, 0.5) is 5.69 Å². The van der Waals surface area contributed by atoms with Crippen LogP contribution >= 0.6 is 23.2 Å². The Morgan fingerprint density at radius 2 is 1.79 bits per heavy atom. The van der Waals surface area contributed by atoms with Gasteiger partial charge in [-0.05, 0) is 43.7 Å². The predicted molar refractivity (Wildman–Crippen MR) is 96.1 cm³/mol. The lowest BCUT2D eigenvalue weighted by Crippen LogP contribution is -2.39. The molecule has 0 heterocycles. The zero-order valence-electron chi connectivity index (χ0n) is 13.1. The van der Waals surface area contributed by atoms with Crippen molar-refractivity contribution in [2.24, 2.45) is 5.73 Å². The van der Waals surface area contributed by atoms with E-state index in [1.165, 1.54) is 18.2 Å². The van der Waals surface area contributed by atoms with Gasteiger partial charge in [-0.25, -0.2) is 8.42 Å². The van der Waals surface area contributed by atoms with E-state index in [9.17, 15) is 13.2 Å². The number of benzene rings is 2. The molecule has 0 saturated carbocycles. The Morgan fingerprint density at radius 3 is 2.38 bits per heavy atom. The number of nitrogens with two attached hydrogens (primary N) is 1. The fourth-order valence-electron chi connectivity index (χ4n) is 2.32. The standard InChI is InChI=1S/C16H16Cl2N2O3S/c1-10-3-6-14(11(2)7-10)20(9-16(19)21)24(22,23)15-8-12(17)4-5-13(15)18/h3-8H,9H2,1-2H3,(H2,19,21). The summed E-state index contributed by atoms with van der Waals surface area (Å²) in [6.07, 6.45) is 0. The quantitative estimate of drug-likeness (QED) is 0.855. The van der Waals surface area contributed by atoms with Gasteiger partial charge in [-0.15, -0.1) is 0 Å². The molecule has 128 valence electrons. The van der Waals surface area contributed by atoms with Gasteiger partial charge in [-0.3, -0.25) is 9.10 Å². The topological polar surface area (TPSA) is 80.5 Å². The molecular weight excluding hydrogens is 371 g/mol. The normalized spacial score (nSPS) is 11.3. The van der Waals surface area contributed by atoms with Crippen LogP contribution in [0.25, 0.3) is 0 Å². The molecule has 2 rings (SSSR count). The van der Waals surface area contributed by atoms with Crippen molar-refractivity contribution in [3.05, 3.63) is 57.6 Å². The van der Waals surface area contributed by atoms with Gasteiger partial charge < -0.3 is 5.73 Å². The van der Waals surface area contributed by atoms with Crippen molar-refractivity contribution in [1.82, 2.24) is 0 Å². The van der Waals surface area contributed by atoms with Crippen LogP contribution in [-0.4, -0.2) is 20.9 Å². The van der Waals surface area contributed by atoms with E-state index in [1.54, 1.807) is 19.1 Å². The smallest absolute Gasteiger partial charge is 0.266 e. The molecule has 2 N–H and O–H groups in total. The average Bonchev–Trinajstić information content (AvgIpc) is 2.47. The van der Waals surface area contributed by atoms with E-state index in [2.05, 4.69) is 0 Å². The zero-order valence-corrected chi connectivity index (χ0v) is 15.4. The van der Waals surface area contributed by atoms with E-state index in [1.807, 2.05) is 13.0 Å². The zero-order chi connectivity index (χ0) is 18.1.